The summed E-state index contributed by atoms with van der Waals surface area (Å²) in [6.07, 6.45) is 8.07. The van der Waals surface area contributed by atoms with Crippen molar-refractivity contribution in [3.63, 3.8) is 0 Å². The maximum atomic E-state index is 15.2. The van der Waals surface area contributed by atoms with Crippen molar-refractivity contribution in [3.8, 4) is 6.01 Å². The number of hydrogen-bond acceptors (Lipinski definition) is 8. The standard InChI is InChI=1S/C30H46ClFN6O3/c1-6-15-37(28(39)41-29(3,4)5)18-20(7-2)11-8-12-21-22-24(23(32)25(31)34-21)35-27(36-26(22)33)40-19-30-13-9-16-38(30)17-10-14-30/h20H,6-19H2,1-5H3,(H2,33,35,36)/t20-/m1/s1. The lowest BCUT2D eigenvalue weighted by atomic mass is 9.95. The number of carbonyl (C=O) groups is 1. The average Bonchev–Trinajstić information content (AvgIpc) is 3.48. The molecule has 0 aromatic carbocycles. The molecule has 228 valence electrons. The van der Waals surface area contributed by atoms with Gasteiger partial charge in [0.15, 0.2) is 11.0 Å². The molecule has 0 bridgehead atoms. The number of carbonyl (C=O) groups excluding carboxylic acids is 1. The number of aromatic nitrogens is 3. The van der Waals surface area contributed by atoms with E-state index in [2.05, 4.69) is 26.8 Å². The molecule has 0 aliphatic carbocycles. The molecule has 41 heavy (non-hydrogen) atoms. The quantitative estimate of drug-likeness (QED) is 0.282. The zero-order chi connectivity index (χ0) is 29.8. The summed E-state index contributed by atoms with van der Waals surface area (Å²) in [6.45, 7) is 13.7. The minimum atomic E-state index is -0.718. The van der Waals surface area contributed by atoms with Crippen molar-refractivity contribution in [3.05, 3.63) is 16.7 Å². The molecule has 0 saturated carbocycles. The zero-order valence-corrected chi connectivity index (χ0v) is 26.0. The summed E-state index contributed by atoms with van der Waals surface area (Å²) in [4.78, 5) is 30.2. The first-order valence-electron chi connectivity index (χ1n) is 15.1. The lowest BCUT2D eigenvalue weighted by molar-refractivity contribution is 0.0215. The van der Waals surface area contributed by atoms with Crippen LogP contribution in [0.15, 0.2) is 0 Å². The van der Waals surface area contributed by atoms with E-state index in [1.54, 1.807) is 4.90 Å². The summed E-state index contributed by atoms with van der Waals surface area (Å²) in [7, 11) is 0. The molecule has 2 aliphatic rings. The minimum absolute atomic E-state index is 0.0126. The molecular weight excluding hydrogens is 547 g/mol. The molecule has 2 saturated heterocycles. The van der Waals surface area contributed by atoms with E-state index in [1.807, 2.05) is 27.7 Å². The number of nitrogens with zero attached hydrogens (tertiary/aromatic N) is 5. The largest absolute Gasteiger partial charge is 0.461 e. The van der Waals surface area contributed by atoms with Crippen LogP contribution in [0.2, 0.25) is 5.15 Å². The lowest BCUT2D eigenvalue weighted by Crippen LogP contribution is -2.43. The van der Waals surface area contributed by atoms with Crippen LogP contribution < -0.4 is 10.5 Å². The van der Waals surface area contributed by atoms with Crippen LogP contribution in [0.25, 0.3) is 10.9 Å². The maximum Gasteiger partial charge on any atom is 0.410 e. The molecule has 2 fully saturated rings. The summed E-state index contributed by atoms with van der Waals surface area (Å²) in [6, 6.07) is 0.0689. The van der Waals surface area contributed by atoms with E-state index in [0.717, 1.165) is 64.5 Å². The van der Waals surface area contributed by atoms with Crippen molar-refractivity contribution in [2.75, 3.05) is 38.5 Å². The third kappa shape index (κ3) is 7.49. The first-order chi connectivity index (χ1) is 19.5. The van der Waals surface area contributed by atoms with Gasteiger partial charge in [-0.1, -0.05) is 31.9 Å². The summed E-state index contributed by atoms with van der Waals surface area (Å²) in [5, 5.41) is 0.147. The molecule has 1 atom stereocenters. The van der Waals surface area contributed by atoms with Gasteiger partial charge < -0.3 is 20.1 Å². The highest BCUT2D eigenvalue weighted by atomic mass is 35.5. The number of halogens is 2. The molecule has 4 heterocycles. The number of amides is 1. The van der Waals surface area contributed by atoms with Gasteiger partial charge in [0.2, 0.25) is 0 Å². The Morgan fingerprint density at radius 2 is 1.90 bits per heavy atom. The van der Waals surface area contributed by atoms with Crippen molar-refractivity contribution in [2.45, 2.75) is 104 Å². The number of ether oxygens (including phenoxy) is 2. The Hall–Kier alpha value is -2.46. The van der Waals surface area contributed by atoms with Gasteiger partial charge in [-0.3, -0.25) is 4.90 Å². The van der Waals surface area contributed by atoms with Gasteiger partial charge in [-0.25, -0.2) is 14.2 Å². The monoisotopic (exact) mass is 592 g/mol. The number of aryl methyl sites for hydroxylation is 1. The SMILES string of the molecule is CCCN(C[C@H](CC)CCCc1nc(Cl)c(F)c2nc(OCC34CCCN3CCC4)nc(N)c12)C(=O)OC(C)(C)C. The number of hydrogen-bond donors (Lipinski definition) is 1. The van der Waals surface area contributed by atoms with E-state index in [0.29, 0.717) is 37.2 Å². The van der Waals surface area contributed by atoms with Crippen molar-refractivity contribution in [1.82, 2.24) is 24.8 Å². The molecule has 1 amide bonds. The van der Waals surface area contributed by atoms with Gasteiger partial charge in [0.05, 0.1) is 16.6 Å². The van der Waals surface area contributed by atoms with Crippen molar-refractivity contribution < 1.29 is 18.7 Å². The molecule has 2 aliphatic heterocycles. The third-order valence-electron chi connectivity index (χ3n) is 8.34. The van der Waals surface area contributed by atoms with Crippen molar-refractivity contribution in [2.24, 2.45) is 5.92 Å². The summed E-state index contributed by atoms with van der Waals surface area (Å²) >= 11 is 6.22. The second kappa shape index (κ2) is 13.2. The van der Waals surface area contributed by atoms with E-state index in [9.17, 15) is 4.79 Å². The Labute approximate surface area is 248 Å². The molecule has 0 radical (unpaired) electrons. The lowest BCUT2D eigenvalue weighted by Gasteiger charge is -2.31. The summed E-state index contributed by atoms with van der Waals surface area (Å²) < 4.78 is 26.8. The fourth-order valence-electron chi connectivity index (χ4n) is 6.27. The van der Waals surface area contributed by atoms with Gasteiger partial charge >= 0.3 is 12.1 Å². The Morgan fingerprint density at radius 1 is 1.20 bits per heavy atom. The fourth-order valence-corrected chi connectivity index (χ4v) is 6.47. The number of pyridine rings is 1. The normalized spacial score (nSPS) is 17.5. The highest BCUT2D eigenvalue weighted by Crippen LogP contribution is 2.39. The van der Waals surface area contributed by atoms with Crippen LogP contribution in [-0.2, 0) is 11.2 Å². The smallest absolute Gasteiger partial charge is 0.410 e. The van der Waals surface area contributed by atoms with E-state index < -0.39 is 11.4 Å². The fraction of sp³-hybridized carbons (Fsp3) is 0.733. The van der Waals surface area contributed by atoms with Gasteiger partial charge in [0.1, 0.15) is 23.5 Å². The van der Waals surface area contributed by atoms with Gasteiger partial charge in [-0.2, -0.15) is 9.97 Å². The number of nitrogen functional groups attached to an aromatic ring is 1. The maximum absolute atomic E-state index is 15.2. The summed E-state index contributed by atoms with van der Waals surface area (Å²) in [5.41, 5.74) is 6.44. The van der Waals surface area contributed by atoms with Crippen LogP contribution >= 0.6 is 11.6 Å². The van der Waals surface area contributed by atoms with Crippen LogP contribution in [0.4, 0.5) is 15.0 Å². The molecule has 0 spiro atoms. The van der Waals surface area contributed by atoms with Crippen LogP contribution in [0, 0.1) is 11.7 Å². The average molecular weight is 593 g/mol. The van der Waals surface area contributed by atoms with Gasteiger partial charge in [0, 0.05) is 13.1 Å². The predicted molar refractivity (Wildman–Crippen MR) is 160 cm³/mol. The minimum Gasteiger partial charge on any atom is -0.461 e. The van der Waals surface area contributed by atoms with E-state index in [-0.39, 0.29) is 40.0 Å². The molecule has 0 unspecified atom stereocenters. The molecule has 2 aromatic heterocycles. The molecule has 11 heteroatoms. The number of rotatable bonds is 12. The van der Waals surface area contributed by atoms with E-state index in [4.69, 9.17) is 26.8 Å². The third-order valence-corrected chi connectivity index (χ3v) is 8.59. The first kappa shape index (κ1) is 31.5. The van der Waals surface area contributed by atoms with Crippen molar-refractivity contribution >= 4 is 34.4 Å². The molecule has 2 aromatic rings. The molecular formula is C30H46ClFN6O3. The van der Waals surface area contributed by atoms with E-state index in [1.165, 1.54) is 0 Å². The second-order valence-corrected chi connectivity index (χ2v) is 12.9. The topological polar surface area (TPSA) is 107 Å². The van der Waals surface area contributed by atoms with Crippen LogP contribution in [0.5, 0.6) is 6.01 Å². The Balaban J connectivity index is 1.45. The van der Waals surface area contributed by atoms with Crippen LogP contribution in [0.1, 0.15) is 91.7 Å². The molecule has 9 nitrogen and oxygen atoms in total. The molecule has 2 N–H and O–H groups in total. The number of anilines is 1. The van der Waals surface area contributed by atoms with Gasteiger partial charge in [0.25, 0.3) is 0 Å². The van der Waals surface area contributed by atoms with Crippen molar-refractivity contribution in [1.29, 1.82) is 0 Å². The Bertz CT molecular complexity index is 1210. The zero-order valence-electron chi connectivity index (χ0n) is 25.3. The van der Waals surface area contributed by atoms with Gasteiger partial charge in [-0.05, 0) is 91.1 Å². The van der Waals surface area contributed by atoms with Crippen LogP contribution in [0.3, 0.4) is 0 Å². The Morgan fingerprint density at radius 3 is 2.54 bits per heavy atom. The second-order valence-electron chi connectivity index (χ2n) is 12.6. The number of nitrogens with two attached hydrogens (primary N) is 1. The van der Waals surface area contributed by atoms with E-state index >= 15 is 4.39 Å². The highest BCUT2D eigenvalue weighted by molar-refractivity contribution is 6.30. The number of fused-ring (bicyclic) bond motifs is 2. The van der Waals surface area contributed by atoms with Gasteiger partial charge in [-0.15, -0.1) is 0 Å². The molecule has 4 rings (SSSR count). The van der Waals surface area contributed by atoms with Crippen LogP contribution in [-0.4, -0.2) is 74.8 Å². The summed E-state index contributed by atoms with van der Waals surface area (Å²) in [5.74, 6) is -0.304. The first-order valence-corrected chi connectivity index (χ1v) is 15.5. The highest BCUT2D eigenvalue weighted by Gasteiger charge is 2.45. The predicted octanol–water partition coefficient (Wildman–Crippen LogP) is 6.40. The Kier molecular flexibility index (Phi) is 10.2.